The van der Waals surface area contributed by atoms with Crippen molar-refractivity contribution in [2.75, 3.05) is 44.1 Å². The van der Waals surface area contributed by atoms with Crippen LogP contribution in [-0.2, 0) is 4.74 Å². The van der Waals surface area contributed by atoms with E-state index in [1.54, 1.807) is 14.2 Å². The van der Waals surface area contributed by atoms with Gasteiger partial charge in [0.25, 0.3) is 0 Å². The third kappa shape index (κ3) is 3.41. The number of hydrogen-bond donors (Lipinski definition) is 0. The zero-order valence-corrected chi connectivity index (χ0v) is 13.4. The van der Waals surface area contributed by atoms with Crippen LogP contribution in [0.15, 0.2) is 30.5 Å². The Morgan fingerprint density at radius 1 is 1.20 bits per heavy atom. The van der Waals surface area contributed by atoms with Crippen LogP contribution in [0.25, 0.3) is 10.8 Å². The van der Waals surface area contributed by atoms with Crippen LogP contribution in [0.1, 0.15) is 0 Å². The molecule has 1 heterocycles. The largest absolute Gasteiger partial charge is 0.497 e. The summed E-state index contributed by atoms with van der Waals surface area (Å²) in [5.41, 5.74) is 0. The van der Waals surface area contributed by atoms with Crippen LogP contribution in [0.2, 0.25) is 0 Å². The molecule has 0 amide bonds. The first kappa shape index (κ1) is 15.1. The molecule has 0 atom stereocenters. The SMILES string of the molecule is COCCN(CCBr)c1nccc2ccc(OC)cc12. The van der Waals surface area contributed by atoms with Gasteiger partial charge in [-0.1, -0.05) is 22.0 Å². The molecule has 0 aliphatic carbocycles. The fraction of sp³-hybridized carbons (Fsp3) is 0.400. The van der Waals surface area contributed by atoms with Crippen molar-refractivity contribution in [2.24, 2.45) is 0 Å². The van der Waals surface area contributed by atoms with Crippen LogP contribution in [0.3, 0.4) is 0 Å². The summed E-state index contributed by atoms with van der Waals surface area (Å²) >= 11 is 3.50. The van der Waals surface area contributed by atoms with Crippen molar-refractivity contribution in [3.8, 4) is 5.75 Å². The van der Waals surface area contributed by atoms with Gasteiger partial charge in [-0.2, -0.15) is 0 Å². The number of pyridine rings is 1. The standard InChI is InChI=1S/C15H19BrN2O2/c1-19-10-9-18(8-6-16)15-14-11-13(20-2)4-3-12(14)5-7-17-15/h3-5,7,11H,6,8-10H2,1-2H3. The van der Waals surface area contributed by atoms with E-state index < -0.39 is 0 Å². The van der Waals surface area contributed by atoms with E-state index in [2.05, 4.69) is 31.9 Å². The van der Waals surface area contributed by atoms with E-state index in [0.29, 0.717) is 6.61 Å². The van der Waals surface area contributed by atoms with Gasteiger partial charge in [-0.05, 0) is 23.6 Å². The molecule has 4 nitrogen and oxygen atoms in total. The molecule has 0 radical (unpaired) electrons. The molecule has 0 fully saturated rings. The summed E-state index contributed by atoms with van der Waals surface area (Å²) < 4.78 is 10.5. The van der Waals surface area contributed by atoms with E-state index >= 15 is 0 Å². The number of methoxy groups -OCH3 is 2. The first-order valence-corrected chi connectivity index (χ1v) is 7.65. The fourth-order valence-corrected chi connectivity index (χ4v) is 2.57. The first-order valence-electron chi connectivity index (χ1n) is 6.52. The highest BCUT2D eigenvalue weighted by Crippen LogP contribution is 2.28. The Labute approximate surface area is 127 Å². The van der Waals surface area contributed by atoms with Gasteiger partial charge in [0.1, 0.15) is 11.6 Å². The lowest BCUT2D eigenvalue weighted by Crippen LogP contribution is -2.30. The number of fused-ring (bicyclic) bond motifs is 1. The van der Waals surface area contributed by atoms with Gasteiger partial charge >= 0.3 is 0 Å². The molecular weight excluding hydrogens is 320 g/mol. The Bertz CT molecular complexity index is 563. The van der Waals surface area contributed by atoms with E-state index in [4.69, 9.17) is 9.47 Å². The Hall–Kier alpha value is -1.33. The minimum atomic E-state index is 0.676. The molecule has 5 heteroatoms. The number of ether oxygens (including phenoxy) is 2. The average molecular weight is 339 g/mol. The molecule has 1 aromatic carbocycles. The molecule has 0 saturated heterocycles. The van der Waals surface area contributed by atoms with Gasteiger partial charge in [0.2, 0.25) is 0 Å². The van der Waals surface area contributed by atoms with Crippen molar-refractivity contribution >= 4 is 32.5 Å². The van der Waals surface area contributed by atoms with E-state index in [1.807, 2.05) is 24.4 Å². The van der Waals surface area contributed by atoms with Gasteiger partial charge in [-0.3, -0.25) is 0 Å². The van der Waals surface area contributed by atoms with Crippen molar-refractivity contribution in [1.29, 1.82) is 0 Å². The molecule has 0 bridgehead atoms. The summed E-state index contributed by atoms with van der Waals surface area (Å²) in [4.78, 5) is 6.77. The van der Waals surface area contributed by atoms with Crippen LogP contribution < -0.4 is 9.64 Å². The minimum absolute atomic E-state index is 0.676. The summed E-state index contributed by atoms with van der Waals surface area (Å²) in [6, 6.07) is 8.07. The number of halogens is 1. The predicted octanol–water partition coefficient (Wildman–Crippen LogP) is 3.09. The van der Waals surface area contributed by atoms with Gasteiger partial charge in [-0.25, -0.2) is 4.98 Å². The lowest BCUT2D eigenvalue weighted by Gasteiger charge is -2.24. The zero-order valence-electron chi connectivity index (χ0n) is 11.8. The molecule has 0 N–H and O–H groups in total. The van der Waals surface area contributed by atoms with Crippen LogP contribution in [-0.4, -0.2) is 44.2 Å². The normalized spacial score (nSPS) is 10.8. The molecule has 0 aliphatic rings. The maximum absolute atomic E-state index is 5.32. The van der Waals surface area contributed by atoms with E-state index in [0.717, 1.165) is 40.8 Å². The third-order valence-corrected chi connectivity index (χ3v) is 3.53. The van der Waals surface area contributed by atoms with Gasteiger partial charge in [0.05, 0.1) is 13.7 Å². The zero-order chi connectivity index (χ0) is 14.4. The topological polar surface area (TPSA) is 34.6 Å². The Morgan fingerprint density at radius 2 is 2.05 bits per heavy atom. The van der Waals surface area contributed by atoms with Crippen LogP contribution in [0.5, 0.6) is 5.75 Å². The Balaban J connectivity index is 2.43. The average Bonchev–Trinajstić information content (AvgIpc) is 2.50. The molecule has 1 aromatic heterocycles. The first-order chi connectivity index (χ1) is 9.80. The Kier molecular flexibility index (Phi) is 5.61. The van der Waals surface area contributed by atoms with Crippen LogP contribution >= 0.6 is 15.9 Å². The monoisotopic (exact) mass is 338 g/mol. The molecule has 0 saturated carbocycles. The second kappa shape index (κ2) is 7.45. The predicted molar refractivity (Wildman–Crippen MR) is 86.2 cm³/mol. The molecule has 0 aliphatic heterocycles. The lowest BCUT2D eigenvalue weighted by molar-refractivity contribution is 0.205. The smallest absolute Gasteiger partial charge is 0.136 e. The van der Waals surface area contributed by atoms with Crippen LogP contribution in [0.4, 0.5) is 5.82 Å². The summed E-state index contributed by atoms with van der Waals surface area (Å²) in [6.07, 6.45) is 1.85. The quantitative estimate of drug-likeness (QED) is 0.726. The van der Waals surface area contributed by atoms with Crippen LogP contribution in [0, 0.1) is 0 Å². The maximum atomic E-state index is 5.32. The van der Waals surface area contributed by atoms with Gasteiger partial charge < -0.3 is 14.4 Å². The van der Waals surface area contributed by atoms with Crippen molar-refractivity contribution in [1.82, 2.24) is 4.98 Å². The number of hydrogen-bond acceptors (Lipinski definition) is 4. The number of alkyl halides is 1. The molecule has 2 aromatic rings. The Morgan fingerprint density at radius 3 is 2.75 bits per heavy atom. The molecule has 0 spiro atoms. The van der Waals surface area contributed by atoms with E-state index in [1.165, 1.54) is 0 Å². The summed E-state index contributed by atoms with van der Waals surface area (Å²) in [6.45, 7) is 2.37. The highest BCUT2D eigenvalue weighted by atomic mass is 79.9. The highest BCUT2D eigenvalue weighted by molar-refractivity contribution is 9.09. The molecule has 108 valence electrons. The van der Waals surface area contributed by atoms with E-state index in [9.17, 15) is 0 Å². The molecule has 0 unspecified atom stereocenters. The summed E-state index contributed by atoms with van der Waals surface area (Å²) in [5.74, 6) is 1.81. The lowest BCUT2D eigenvalue weighted by atomic mass is 10.1. The van der Waals surface area contributed by atoms with E-state index in [-0.39, 0.29) is 0 Å². The second-order valence-electron chi connectivity index (χ2n) is 4.39. The number of rotatable bonds is 7. The molecule has 2 rings (SSSR count). The fourth-order valence-electron chi connectivity index (χ4n) is 2.14. The number of nitrogens with zero attached hydrogens (tertiary/aromatic N) is 2. The van der Waals surface area contributed by atoms with Crippen molar-refractivity contribution in [2.45, 2.75) is 0 Å². The van der Waals surface area contributed by atoms with Crippen molar-refractivity contribution < 1.29 is 9.47 Å². The minimum Gasteiger partial charge on any atom is -0.497 e. The molecular formula is C15H19BrN2O2. The number of benzene rings is 1. The second-order valence-corrected chi connectivity index (χ2v) is 5.18. The van der Waals surface area contributed by atoms with Gasteiger partial charge in [-0.15, -0.1) is 0 Å². The summed E-state index contributed by atoms with van der Waals surface area (Å²) in [7, 11) is 3.39. The maximum Gasteiger partial charge on any atom is 0.136 e. The highest BCUT2D eigenvalue weighted by Gasteiger charge is 2.11. The van der Waals surface area contributed by atoms with Crippen molar-refractivity contribution in [3.05, 3.63) is 30.5 Å². The third-order valence-electron chi connectivity index (χ3n) is 3.17. The molecule has 20 heavy (non-hydrogen) atoms. The van der Waals surface area contributed by atoms with Gasteiger partial charge in [0.15, 0.2) is 0 Å². The van der Waals surface area contributed by atoms with Gasteiger partial charge in [0, 0.05) is 37.1 Å². The number of aromatic nitrogens is 1. The number of anilines is 1. The summed E-state index contributed by atoms with van der Waals surface area (Å²) in [5, 5.41) is 3.15. The van der Waals surface area contributed by atoms with Crippen molar-refractivity contribution in [3.63, 3.8) is 0 Å².